The number of rotatable bonds is 7. The van der Waals surface area contributed by atoms with E-state index in [1.807, 2.05) is 13.8 Å². The van der Waals surface area contributed by atoms with E-state index in [0.29, 0.717) is 12.3 Å². The van der Waals surface area contributed by atoms with Crippen LogP contribution in [0.25, 0.3) is 0 Å². The van der Waals surface area contributed by atoms with E-state index in [2.05, 4.69) is 10.6 Å². The molecule has 0 aliphatic carbocycles. The highest BCUT2D eigenvalue weighted by Gasteiger charge is 2.18. The second-order valence-electron chi connectivity index (χ2n) is 6.16. The van der Waals surface area contributed by atoms with E-state index < -0.39 is 6.04 Å². The molecule has 25 heavy (non-hydrogen) atoms. The lowest BCUT2D eigenvalue weighted by Gasteiger charge is -2.15. The van der Waals surface area contributed by atoms with Gasteiger partial charge in [-0.15, -0.1) is 12.4 Å². The molecule has 7 nitrogen and oxygen atoms in total. The van der Waals surface area contributed by atoms with Crippen molar-refractivity contribution >= 4 is 29.9 Å². The lowest BCUT2D eigenvalue weighted by molar-refractivity contribution is -0.125. The number of amides is 2. The van der Waals surface area contributed by atoms with Gasteiger partial charge < -0.3 is 25.8 Å². The van der Waals surface area contributed by atoms with Crippen LogP contribution >= 0.6 is 12.4 Å². The second-order valence-corrected chi connectivity index (χ2v) is 6.16. The van der Waals surface area contributed by atoms with E-state index >= 15 is 0 Å². The summed E-state index contributed by atoms with van der Waals surface area (Å²) < 4.78 is 11.0. The van der Waals surface area contributed by atoms with Crippen molar-refractivity contribution < 1.29 is 19.1 Å². The Morgan fingerprint density at radius 3 is 2.56 bits per heavy atom. The molecule has 2 rings (SSSR count). The fourth-order valence-corrected chi connectivity index (χ4v) is 2.21. The average Bonchev–Trinajstić information content (AvgIpc) is 3.06. The Kier molecular flexibility index (Phi) is 8.68. The molecule has 1 aromatic rings. The van der Waals surface area contributed by atoms with E-state index in [9.17, 15) is 9.59 Å². The molecule has 0 saturated carbocycles. The van der Waals surface area contributed by atoms with Crippen molar-refractivity contribution in [2.24, 2.45) is 11.7 Å². The third kappa shape index (κ3) is 6.89. The van der Waals surface area contributed by atoms with Gasteiger partial charge in [-0.1, -0.05) is 13.8 Å². The number of benzene rings is 1. The number of hydrogen-bond donors (Lipinski definition) is 3. The summed E-state index contributed by atoms with van der Waals surface area (Å²) in [5, 5.41) is 5.24. The highest BCUT2D eigenvalue weighted by Crippen LogP contribution is 2.19. The van der Waals surface area contributed by atoms with Crippen LogP contribution in [0.3, 0.4) is 0 Å². The Labute approximate surface area is 154 Å². The van der Waals surface area contributed by atoms with Crippen molar-refractivity contribution in [2.75, 3.05) is 25.1 Å². The molecular weight excluding hydrogens is 346 g/mol. The summed E-state index contributed by atoms with van der Waals surface area (Å²) in [6, 6.07) is 6.48. The number of carbonyl (C=O) groups excluding carboxylic acids is 2. The van der Waals surface area contributed by atoms with Gasteiger partial charge in [-0.05, 0) is 30.2 Å². The minimum Gasteiger partial charge on any atom is -0.488 e. The van der Waals surface area contributed by atoms with Crippen LogP contribution in [0.1, 0.15) is 20.3 Å². The van der Waals surface area contributed by atoms with Crippen molar-refractivity contribution in [1.29, 1.82) is 0 Å². The maximum atomic E-state index is 11.9. The van der Waals surface area contributed by atoms with E-state index in [0.717, 1.165) is 18.8 Å². The summed E-state index contributed by atoms with van der Waals surface area (Å²) in [6.07, 6.45) is 0.974. The maximum absolute atomic E-state index is 11.9. The Hall–Kier alpha value is -1.83. The van der Waals surface area contributed by atoms with Crippen LogP contribution in [0.4, 0.5) is 5.69 Å². The minimum atomic E-state index is -0.617. The number of halogens is 1. The first-order valence-corrected chi connectivity index (χ1v) is 8.13. The molecule has 1 saturated heterocycles. The van der Waals surface area contributed by atoms with Gasteiger partial charge in [0, 0.05) is 12.1 Å². The standard InChI is InChI=1S/C17H25N3O4.ClH/c1-11(2)16(18)17(22)19-9-15(21)20-12-3-5-13(6-4-12)24-14-7-8-23-10-14;/h3-6,11,14,16H,7-10,18H2,1-2H3,(H,19,22)(H,20,21);1H/t14?,16-;/m0./s1. The molecule has 4 N–H and O–H groups in total. The fourth-order valence-electron chi connectivity index (χ4n) is 2.21. The summed E-state index contributed by atoms with van der Waals surface area (Å²) in [5.74, 6) is 0.116. The molecule has 0 radical (unpaired) electrons. The molecular formula is C17H26ClN3O4. The van der Waals surface area contributed by atoms with Crippen LogP contribution in [-0.4, -0.2) is 43.7 Å². The Morgan fingerprint density at radius 1 is 1.32 bits per heavy atom. The van der Waals surface area contributed by atoms with E-state index in [-0.39, 0.29) is 42.8 Å². The summed E-state index contributed by atoms with van der Waals surface area (Å²) in [5.41, 5.74) is 6.35. The molecule has 1 aliphatic rings. The first kappa shape index (κ1) is 21.2. The number of ether oxygens (including phenoxy) is 2. The predicted molar refractivity (Wildman–Crippen MR) is 98.0 cm³/mol. The Bertz CT molecular complexity index is 560. The molecule has 1 aliphatic heterocycles. The number of nitrogens with two attached hydrogens (primary N) is 1. The molecule has 2 atom stereocenters. The van der Waals surface area contributed by atoms with Crippen molar-refractivity contribution in [1.82, 2.24) is 5.32 Å². The van der Waals surface area contributed by atoms with Gasteiger partial charge in [-0.2, -0.15) is 0 Å². The van der Waals surface area contributed by atoms with Crippen molar-refractivity contribution in [3.8, 4) is 5.75 Å². The van der Waals surface area contributed by atoms with E-state index in [1.165, 1.54) is 0 Å². The van der Waals surface area contributed by atoms with Gasteiger partial charge in [0.25, 0.3) is 0 Å². The molecule has 0 aromatic heterocycles. The molecule has 1 heterocycles. The topological polar surface area (TPSA) is 103 Å². The highest BCUT2D eigenvalue weighted by molar-refractivity contribution is 5.95. The quantitative estimate of drug-likeness (QED) is 0.670. The molecule has 0 bridgehead atoms. The van der Waals surface area contributed by atoms with Crippen molar-refractivity contribution in [2.45, 2.75) is 32.4 Å². The highest BCUT2D eigenvalue weighted by atomic mass is 35.5. The van der Waals surface area contributed by atoms with Gasteiger partial charge in [0.1, 0.15) is 11.9 Å². The van der Waals surface area contributed by atoms with E-state index in [4.69, 9.17) is 15.2 Å². The minimum absolute atomic E-state index is 0. The molecule has 140 valence electrons. The third-order valence-corrected chi connectivity index (χ3v) is 3.77. The Balaban J connectivity index is 0.00000312. The molecule has 1 unspecified atom stereocenters. The summed E-state index contributed by atoms with van der Waals surface area (Å²) >= 11 is 0. The normalized spacial score (nSPS) is 17.5. The number of carbonyl (C=O) groups is 2. The lowest BCUT2D eigenvalue weighted by Crippen LogP contribution is -2.46. The van der Waals surface area contributed by atoms with Gasteiger partial charge in [0.2, 0.25) is 11.8 Å². The van der Waals surface area contributed by atoms with Crippen LogP contribution in [-0.2, 0) is 14.3 Å². The first-order chi connectivity index (χ1) is 11.5. The molecule has 8 heteroatoms. The SMILES string of the molecule is CC(C)[C@H](N)C(=O)NCC(=O)Nc1ccc(OC2CCOC2)cc1.Cl. The zero-order valence-electron chi connectivity index (χ0n) is 14.5. The van der Waals surface area contributed by atoms with Gasteiger partial charge in [-0.3, -0.25) is 9.59 Å². The summed E-state index contributed by atoms with van der Waals surface area (Å²) in [6.45, 7) is 4.93. The molecule has 1 fully saturated rings. The van der Waals surface area contributed by atoms with Crippen molar-refractivity contribution in [3.63, 3.8) is 0 Å². The number of anilines is 1. The maximum Gasteiger partial charge on any atom is 0.243 e. The van der Waals surface area contributed by atoms with Crippen LogP contribution in [0.15, 0.2) is 24.3 Å². The molecule has 2 amide bonds. The predicted octanol–water partition coefficient (Wildman–Crippen LogP) is 1.31. The zero-order chi connectivity index (χ0) is 17.5. The lowest BCUT2D eigenvalue weighted by atomic mass is 10.1. The summed E-state index contributed by atoms with van der Waals surface area (Å²) in [4.78, 5) is 23.6. The fraction of sp³-hybridized carbons (Fsp3) is 0.529. The third-order valence-electron chi connectivity index (χ3n) is 3.77. The van der Waals surface area contributed by atoms with Crippen molar-refractivity contribution in [3.05, 3.63) is 24.3 Å². The van der Waals surface area contributed by atoms with Crippen LogP contribution in [0.2, 0.25) is 0 Å². The van der Waals surface area contributed by atoms with Gasteiger partial charge >= 0.3 is 0 Å². The zero-order valence-corrected chi connectivity index (χ0v) is 15.3. The largest absolute Gasteiger partial charge is 0.488 e. The van der Waals surface area contributed by atoms with Gasteiger partial charge in [-0.25, -0.2) is 0 Å². The monoisotopic (exact) mass is 371 g/mol. The smallest absolute Gasteiger partial charge is 0.243 e. The average molecular weight is 372 g/mol. The van der Waals surface area contributed by atoms with E-state index in [1.54, 1.807) is 24.3 Å². The van der Waals surface area contributed by atoms with Crippen LogP contribution in [0, 0.1) is 5.92 Å². The van der Waals surface area contributed by atoms with Gasteiger partial charge in [0.15, 0.2) is 0 Å². The Morgan fingerprint density at radius 2 is 2.00 bits per heavy atom. The second kappa shape index (κ2) is 10.2. The first-order valence-electron chi connectivity index (χ1n) is 8.13. The number of hydrogen-bond acceptors (Lipinski definition) is 5. The number of nitrogens with one attached hydrogen (secondary N) is 2. The van der Waals surface area contributed by atoms with Crippen LogP contribution in [0.5, 0.6) is 5.75 Å². The molecule has 1 aromatic carbocycles. The van der Waals surface area contributed by atoms with Gasteiger partial charge in [0.05, 0.1) is 25.8 Å². The molecule has 0 spiro atoms. The van der Waals surface area contributed by atoms with Crippen LogP contribution < -0.4 is 21.1 Å². The summed E-state index contributed by atoms with van der Waals surface area (Å²) in [7, 11) is 0.